The van der Waals surface area contributed by atoms with E-state index in [1.807, 2.05) is 0 Å². The number of hydrogen-bond acceptors (Lipinski definition) is 8. The molecule has 3 aromatic rings. The van der Waals surface area contributed by atoms with Crippen LogP contribution in [0.25, 0.3) is 4.96 Å². The Hall–Kier alpha value is -2.24. The monoisotopic (exact) mass is 369 g/mol. The van der Waals surface area contributed by atoms with E-state index in [-0.39, 0.29) is 17.2 Å². The lowest BCUT2D eigenvalue weighted by Crippen LogP contribution is -2.23. The highest BCUT2D eigenvalue weighted by Gasteiger charge is 2.21. The fraction of sp³-hybridized carbons (Fsp3) is 0.308. The lowest BCUT2D eigenvalue weighted by atomic mass is 10.3. The average Bonchev–Trinajstić information content (AvgIpc) is 3.14. The molecule has 0 saturated heterocycles. The Morgan fingerprint density at radius 3 is 2.71 bits per heavy atom. The van der Waals surface area contributed by atoms with Crippen molar-refractivity contribution in [3.63, 3.8) is 0 Å². The highest BCUT2D eigenvalue weighted by Crippen LogP contribution is 2.28. The summed E-state index contributed by atoms with van der Waals surface area (Å²) >= 11 is 1.27. The van der Waals surface area contributed by atoms with Crippen molar-refractivity contribution in [1.29, 1.82) is 0 Å². The Labute approximate surface area is 142 Å². The third-order valence-electron chi connectivity index (χ3n) is 3.26. The summed E-state index contributed by atoms with van der Waals surface area (Å²) < 4.78 is 39.3. The van der Waals surface area contributed by atoms with Gasteiger partial charge in [-0.3, -0.25) is 0 Å². The highest BCUT2D eigenvalue weighted by molar-refractivity contribution is 7.89. The summed E-state index contributed by atoms with van der Waals surface area (Å²) in [5.41, 5.74) is 0. The Morgan fingerprint density at radius 2 is 2.04 bits per heavy atom. The van der Waals surface area contributed by atoms with E-state index in [1.165, 1.54) is 37.7 Å². The van der Waals surface area contributed by atoms with Gasteiger partial charge in [0.25, 0.3) is 0 Å². The lowest BCUT2D eigenvalue weighted by molar-refractivity contribution is 0.386. The van der Waals surface area contributed by atoms with Gasteiger partial charge in [0.1, 0.15) is 21.4 Å². The standard InChI is InChI=1S/C13H15N5O4S2/c1-8-15-16-13-18(8)17-12(23-13)7-14-24(19,20)11-5-4-9(21-2)6-10(11)22-3/h4-6,14H,7H2,1-3H3. The number of aryl methyl sites for hydroxylation is 1. The number of benzene rings is 1. The highest BCUT2D eigenvalue weighted by atomic mass is 32.2. The van der Waals surface area contributed by atoms with Crippen LogP contribution in [-0.4, -0.2) is 42.4 Å². The van der Waals surface area contributed by atoms with Gasteiger partial charge in [0, 0.05) is 6.07 Å². The van der Waals surface area contributed by atoms with Crippen LogP contribution in [0.4, 0.5) is 0 Å². The van der Waals surface area contributed by atoms with E-state index in [0.717, 1.165) is 0 Å². The zero-order valence-electron chi connectivity index (χ0n) is 13.2. The van der Waals surface area contributed by atoms with Gasteiger partial charge in [0.2, 0.25) is 15.0 Å². The number of fused-ring (bicyclic) bond motifs is 1. The van der Waals surface area contributed by atoms with E-state index in [0.29, 0.717) is 21.5 Å². The maximum absolute atomic E-state index is 12.5. The van der Waals surface area contributed by atoms with Crippen molar-refractivity contribution in [3.05, 3.63) is 29.0 Å². The van der Waals surface area contributed by atoms with Crippen molar-refractivity contribution in [2.45, 2.75) is 18.4 Å². The van der Waals surface area contributed by atoms with Gasteiger partial charge in [-0.15, -0.1) is 10.2 Å². The van der Waals surface area contributed by atoms with Crippen molar-refractivity contribution in [3.8, 4) is 11.5 Å². The molecule has 0 bridgehead atoms. The summed E-state index contributed by atoms with van der Waals surface area (Å²) in [5, 5.41) is 12.7. The summed E-state index contributed by atoms with van der Waals surface area (Å²) in [5.74, 6) is 1.36. The minimum atomic E-state index is -3.77. The number of rotatable bonds is 6. The fourth-order valence-corrected chi connectivity index (χ4v) is 4.10. The topological polar surface area (TPSA) is 108 Å². The molecule has 3 rings (SSSR count). The Morgan fingerprint density at radius 1 is 1.25 bits per heavy atom. The van der Waals surface area contributed by atoms with Gasteiger partial charge < -0.3 is 9.47 Å². The van der Waals surface area contributed by atoms with Crippen LogP contribution in [0.2, 0.25) is 0 Å². The van der Waals surface area contributed by atoms with Gasteiger partial charge in [0.05, 0.1) is 20.8 Å². The van der Waals surface area contributed by atoms with Crippen LogP contribution in [0.3, 0.4) is 0 Å². The molecule has 1 aromatic carbocycles. The number of hydrogen-bond donors (Lipinski definition) is 1. The molecule has 9 nitrogen and oxygen atoms in total. The van der Waals surface area contributed by atoms with Crippen molar-refractivity contribution in [1.82, 2.24) is 24.5 Å². The number of aromatic nitrogens is 4. The van der Waals surface area contributed by atoms with Crippen LogP contribution in [0.15, 0.2) is 23.1 Å². The molecule has 0 atom stereocenters. The number of methoxy groups -OCH3 is 2. The number of sulfonamides is 1. The minimum absolute atomic E-state index is 0.0324. The molecule has 2 aromatic heterocycles. The van der Waals surface area contributed by atoms with E-state index >= 15 is 0 Å². The van der Waals surface area contributed by atoms with E-state index in [9.17, 15) is 8.42 Å². The van der Waals surface area contributed by atoms with Crippen LogP contribution in [0, 0.1) is 6.92 Å². The second-order valence-electron chi connectivity index (χ2n) is 4.78. The Balaban J connectivity index is 1.83. The first-order valence-corrected chi connectivity index (χ1v) is 9.14. The second-order valence-corrected chi connectivity index (χ2v) is 7.55. The lowest BCUT2D eigenvalue weighted by Gasteiger charge is -2.11. The molecule has 0 radical (unpaired) electrons. The van der Waals surface area contributed by atoms with Gasteiger partial charge >= 0.3 is 0 Å². The van der Waals surface area contributed by atoms with Crippen molar-refractivity contribution in [2.75, 3.05) is 14.2 Å². The molecular weight excluding hydrogens is 354 g/mol. The minimum Gasteiger partial charge on any atom is -0.497 e. The predicted octanol–water partition coefficient (Wildman–Crippen LogP) is 0.990. The molecule has 0 saturated carbocycles. The molecule has 2 heterocycles. The van der Waals surface area contributed by atoms with Crippen LogP contribution >= 0.6 is 11.3 Å². The third-order valence-corrected chi connectivity index (χ3v) is 5.60. The normalized spacial score (nSPS) is 11.8. The quantitative estimate of drug-likeness (QED) is 0.690. The molecule has 11 heteroatoms. The van der Waals surface area contributed by atoms with Crippen molar-refractivity contribution >= 4 is 26.3 Å². The maximum Gasteiger partial charge on any atom is 0.244 e. The molecule has 0 spiro atoms. The van der Waals surface area contributed by atoms with Crippen LogP contribution < -0.4 is 14.2 Å². The molecule has 0 aliphatic rings. The molecular formula is C13H15N5O4S2. The van der Waals surface area contributed by atoms with Gasteiger partial charge in [0.15, 0.2) is 5.82 Å². The molecule has 24 heavy (non-hydrogen) atoms. The summed E-state index contributed by atoms with van der Waals surface area (Å²) in [7, 11) is -0.867. The molecule has 0 amide bonds. The first kappa shape index (κ1) is 16.6. The third kappa shape index (κ3) is 3.05. The van der Waals surface area contributed by atoms with E-state index in [1.54, 1.807) is 17.5 Å². The number of ether oxygens (including phenoxy) is 2. The number of nitrogens with zero attached hydrogens (tertiary/aromatic N) is 4. The van der Waals surface area contributed by atoms with Gasteiger partial charge in [-0.1, -0.05) is 11.3 Å². The van der Waals surface area contributed by atoms with Crippen LogP contribution in [-0.2, 0) is 16.6 Å². The summed E-state index contributed by atoms with van der Waals surface area (Å²) in [6, 6.07) is 4.51. The Kier molecular flexibility index (Phi) is 4.39. The van der Waals surface area contributed by atoms with Gasteiger partial charge in [-0.2, -0.15) is 9.61 Å². The summed E-state index contributed by atoms with van der Waals surface area (Å²) in [6.07, 6.45) is 0. The molecule has 0 aliphatic carbocycles. The zero-order chi connectivity index (χ0) is 17.3. The van der Waals surface area contributed by atoms with Gasteiger partial charge in [-0.25, -0.2) is 13.1 Å². The van der Waals surface area contributed by atoms with E-state index in [2.05, 4.69) is 20.0 Å². The average molecular weight is 369 g/mol. The maximum atomic E-state index is 12.5. The second kappa shape index (κ2) is 6.34. The predicted molar refractivity (Wildman–Crippen MR) is 87.0 cm³/mol. The summed E-state index contributed by atoms with van der Waals surface area (Å²) in [6.45, 7) is 1.82. The van der Waals surface area contributed by atoms with Crippen LogP contribution in [0.5, 0.6) is 11.5 Å². The SMILES string of the molecule is COc1ccc(S(=O)(=O)NCc2nn3c(C)nnc3s2)c(OC)c1. The fourth-order valence-electron chi connectivity index (χ4n) is 2.06. The molecule has 0 unspecified atom stereocenters. The molecule has 128 valence electrons. The smallest absolute Gasteiger partial charge is 0.244 e. The molecule has 0 aliphatic heterocycles. The van der Waals surface area contributed by atoms with E-state index in [4.69, 9.17) is 9.47 Å². The molecule has 0 fully saturated rings. The van der Waals surface area contributed by atoms with E-state index < -0.39 is 10.0 Å². The van der Waals surface area contributed by atoms with Crippen molar-refractivity contribution in [2.24, 2.45) is 0 Å². The Bertz CT molecular complexity index is 980. The first-order chi connectivity index (χ1) is 11.4. The largest absolute Gasteiger partial charge is 0.497 e. The van der Waals surface area contributed by atoms with Crippen LogP contribution in [0.1, 0.15) is 10.8 Å². The van der Waals surface area contributed by atoms with Gasteiger partial charge in [-0.05, 0) is 19.1 Å². The molecule has 1 N–H and O–H groups in total. The zero-order valence-corrected chi connectivity index (χ0v) is 14.8. The number of nitrogens with one attached hydrogen (secondary N) is 1. The first-order valence-electron chi connectivity index (χ1n) is 6.84. The summed E-state index contributed by atoms with van der Waals surface area (Å²) in [4.78, 5) is 0.647. The van der Waals surface area contributed by atoms with Crippen molar-refractivity contribution < 1.29 is 17.9 Å².